The van der Waals surface area contributed by atoms with Crippen LogP contribution >= 0.6 is 0 Å². The summed E-state index contributed by atoms with van der Waals surface area (Å²) in [4.78, 5) is 40.5. The minimum Gasteiger partial charge on any atom is -0.344 e. The number of urea groups is 1. The Bertz CT molecular complexity index is 1020. The molecule has 0 aliphatic carbocycles. The zero-order valence-electron chi connectivity index (χ0n) is 15.9. The van der Waals surface area contributed by atoms with Crippen LogP contribution < -0.4 is 10.2 Å². The molecule has 2 aromatic rings. The first-order valence-electron chi connectivity index (χ1n) is 9.43. The van der Waals surface area contributed by atoms with E-state index in [1.165, 1.54) is 18.3 Å². The summed E-state index contributed by atoms with van der Waals surface area (Å²) in [6.07, 6.45) is 2.94. The number of fused-ring (bicyclic) bond motifs is 1. The van der Waals surface area contributed by atoms with E-state index >= 15 is 0 Å². The number of hydrogen-bond donors (Lipinski definition) is 1. The zero-order chi connectivity index (χ0) is 20.5. The second kappa shape index (κ2) is 7.50. The maximum atomic E-state index is 13.6. The van der Waals surface area contributed by atoms with Gasteiger partial charge in [-0.25, -0.2) is 9.18 Å². The van der Waals surface area contributed by atoms with Gasteiger partial charge in [0.1, 0.15) is 11.4 Å². The Labute approximate surface area is 167 Å². The van der Waals surface area contributed by atoms with Crippen molar-refractivity contribution in [3.63, 3.8) is 0 Å². The van der Waals surface area contributed by atoms with Crippen molar-refractivity contribution in [2.75, 3.05) is 4.90 Å². The lowest BCUT2D eigenvalue weighted by atomic mass is 9.96. The highest BCUT2D eigenvalue weighted by Crippen LogP contribution is 2.32. The number of barbiturate groups is 1. The zero-order valence-corrected chi connectivity index (χ0v) is 15.9. The molecule has 0 unspecified atom stereocenters. The molecule has 2 aromatic carbocycles. The Balaban J connectivity index is 1.68. The number of benzene rings is 2. The van der Waals surface area contributed by atoms with E-state index in [4.69, 9.17) is 0 Å². The Morgan fingerprint density at radius 1 is 1.14 bits per heavy atom. The van der Waals surface area contributed by atoms with Crippen molar-refractivity contribution in [3.8, 4) is 0 Å². The molecule has 6 nitrogen and oxygen atoms in total. The number of hydrogen-bond acceptors (Lipinski definition) is 4. The first kappa shape index (κ1) is 18.9. The molecule has 1 fully saturated rings. The summed E-state index contributed by atoms with van der Waals surface area (Å²) < 4.78 is 13.6. The maximum absolute atomic E-state index is 13.6. The fraction of sp³-hybridized carbons (Fsp3) is 0.227. The van der Waals surface area contributed by atoms with E-state index in [9.17, 15) is 18.8 Å². The molecule has 0 radical (unpaired) electrons. The molecule has 0 spiro atoms. The summed E-state index contributed by atoms with van der Waals surface area (Å²) in [6.45, 7) is 2.04. The number of aryl methyl sites for hydroxylation is 1. The standard InChI is InChI=1S/C22H20FN3O3/c1-14-7-8-16-11-17(23)9-10-19(16)25(14)13-18-20(27)24-22(29)26(21(18)28)12-15-5-3-2-4-6-15/h2-6,9-11,13-14H,7-8,12H2,1H3,(H,24,27,29)/b18-13+/t14-/m1/s1. The Morgan fingerprint density at radius 3 is 2.66 bits per heavy atom. The fourth-order valence-electron chi connectivity index (χ4n) is 3.67. The van der Waals surface area contributed by atoms with E-state index in [0.29, 0.717) is 6.42 Å². The summed E-state index contributed by atoms with van der Waals surface area (Å²) in [5.74, 6) is -1.70. The highest BCUT2D eigenvalue weighted by Gasteiger charge is 2.37. The normalized spacial score (nSPS) is 20.7. The molecule has 0 aromatic heterocycles. The lowest BCUT2D eigenvalue weighted by Gasteiger charge is -2.36. The van der Waals surface area contributed by atoms with Gasteiger partial charge in [0.05, 0.1) is 6.54 Å². The van der Waals surface area contributed by atoms with Gasteiger partial charge in [-0.15, -0.1) is 0 Å². The predicted molar refractivity (Wildman–Crippen MR) is 105 cm³/mol. The molecule has 2 aliphatic heterocycles. The van der Waals surface area contributed by atoms with Gasteiger partial charge < -0.3 is 4.90 Å². The van der Waals surface area contributed by atoms with Crippen molar-refractivity contribution in [1.82, 2.24) is 10.2 Å². The van der Waals surface area contributed by atoms with Crippen LogP contribution in [0.1, 0.15) is 24.5 Å². The van der Waals surface area contributed by atoms with Crippen LogP contribution in [0.4, 0.5) is 14.9 Å². The molecule has 7 heteroatoms. The van der Waals surface area contributed by atoms with Crippen molar-refractivity contribution >= 4 is 23.5 Å². The van der Waals surface area contributed by atoms with Crippen molar-refractivity contribution in [1.29, 1.82) is 0 Å². The molecule has 0 saturated carbocycles. The van der Waals surface area contributed by atoms with Crippen LogP contribution in [0.2, 0.25) is 0 Å². The van der Waals surface area contributed by atoms with Gasteiger partial charge in [-0.2, -0.15) is 0 Å². The molecule has 148 valence electrons. The van der Waals surface area contributed by atoms with Crippen LogP contribution in [0.3, 0.4) is 0 Å². The lowest BCUT2D eigenvalue weighted by molar-refractivity contribution is -0.130. The lowest BCUT2D eigenvalue weighted by Crippen LogP contribution is -2.54. The minimum atomic E-state index is -0.741. The Kier molecular flexibility index (Phi) is 4.88. The first-order chi connectivity index (χ1) is 13.9. The van der Waals surface area contributed by atoms with E-state index in [1.807, 2.05) is 30.0 Å². The van der Waals surface area contributed by atoms with Gasteiger partial charge in [-0.05, 0) is 49.1 Å². The SMILES string of the molecule is C[C@@H]1CCc2cc(F)ccc2N1/C=C1\C(=O)NC(=O)N(Cc2ccccc2)C1=O. The number of carbonyl (C=O) groups is 3. The van der Waals surface area contributed by atoms with Gasteiger partial charge in [0, 0.05) is 17.9 Å². The minimum absolute atomic E-state index is 0.0151. The summed E-state index contributed by atoms with van der Waals surface area (Å²) in [5, 5.41) is 2.24. The number of carbonyl (C=O) groups excluding carboxylic acids is 3. The third-order valence-electron chi connectivity index (χ3n) is 5.26. The second-order valence-electron chi connectivity index (χ2n) is 7.25. The highest BCUT2D eigenvalue weighted by molar-refractivity contribution is 6.28. The van der Waals surface area contributed by atoms with E-state index in [2.05, 4.69) is 5.32 Å². The van der Waals surface area contributed by atoms with E-state index in [1.54, 1.807) is 18.2 Å². The number of nitrogens with one attached hydrogen (secondary N) is 1. The summed E-state index contributed by atoms with van der Waals surface area (Å²) in [6, 6.07) is 12.8. The van der Waals surface area contributed by atoms with Gasteiger partial charge in [-0.1, -0.05) is 30.3 Å². The third kappa shape index (κ3) is 3.63. The predicted octanol–water partition coefficient (Wildman–Crippen LogP) is 3.13. The van der Waals surface area contributed by atoms with Gasteiger partial charge in [0.15, 0.2) is 0 Å². The molecule has 4 amide bonds. The number of amides is 4. The highest BCUT2D eigenvalue weighted by atomic mass is 19.1. The van der Waals surface area contributed by atoms with Crippen LogP contribution in [-0.4, -0.2) is 28.8 Å². The number of halogens is 1. The van der Waals surface area contributed by atoms with Crippen LogP contribution in [0.25, 0.3) is 0 Å². The van der Waals surface area contributed by atoms with Crippen LogP contribution in [-0.2, 0) is 22.6 Å². The second-order valence-corrected chi connectivity index (χ2v) is 7.25. The number of anilines is 1. The monoisotopic (exact) mass is 393 g/mol. The van der Waals surface area contributed by atoms with Gasteiger partial charge in [0.2, 0.25) is 0 Å². The van der Waals surface area contributed by atoms with Gasteiger partial charge in [0.25, 0.3) is 11.8 Å². The molecule has 2 aliphatic rings. The fourth-order valence-corrected chi connectivity index (χ4v) is 3.67. The van der Waals surface area contributed by atoms with Crippen LogP contribution in [0.5, 0.6) is 0 Å². The summed E-state index contributed by atoms with van der Waals surface area (Å²) in [5.41, 5.74) is 2.23. The number of rotatable bonds is 3. The quantitative estimate of drug-likeness (QED) is 0.643. The Morgan fingerprint density at radius 2 is 1.90 bits per heavy atom. The van der Waals surface area contributed by atoms with E-state index < -0.39 is 17.8 Å². The topological polar surface area (TPSA) is 69.7 Å². The Hall–Kier alpha value is -3.48. The molecule has 1 atom stereocenters. The largest absolute Gasteiger partial charge is 0.344 e. The van der Waals surface area contributed by atoms with Gasteiger partial charge >= 0.3 is 6.03 Å². The first-order valence-corrected chi connectivity index (χ1v) is 9.43. The summed E-state index contributed by atoms with van der Waals surface area (Å²) >= 11 is 0. The molecule has 4 rings (SSSR count). The van der Waals surface area contributed by atoms with Crippen LogP contribution in [0.15, 0.2) is 60.3 Å². The molecular weight excluding hydrogens is 373 g/mol. The third-order valence-corrected chi connectivity index (χ3v) is 5.26. The van der Waals surface area contributed by atoms with Crippen molar-refractivity contribution in [3.05, 3.63) is 77.2 Å². The average molecular weight is 393 g/mol. The smallest absolute Gasteiger partial charge is 0.331 e. The van der Waals surface area contributed by atoms with Gasteiger partial charge in [-0.3, -0.25) is 19.8 Å². The van der Waals surface area contributed by atoms with Crippen molar-refractivity contribution in [2.24, 2.45) is 0 Å². The molecule has 1 N–H and O–H groups in total. The number of nitrogens with zero attached hydrogens (tertiary/aromatic N) is 2. The van der Waals surface area contributed by atoms with E-state index in [-0.39, 0.29) is 24.0 Å². The maximum Gasteiger partial charge on any atom is 0.331 e. The van der Waals surface area contributed by atoms with E-state index in [0.717, 1.165) is 28.1 Å². The molecule has 1 saturated heterocycles. The summed E-state index contributed by atoms with van der Waals surface area (Å²) in [7, 11) is 0. The number of imide groups is 2. The van der Waals surface area contributed by atoms with Crippen molar-refractivity contribution < 1.29 is 18.8 Å². The van der Waals surface area contributed by atoms with Crippen LogP contribution in [0, 0.1) is 5.82 Å². The average Bonchev–Trinajstić information content (AvgIpc) is 2.70. The molecular formula is C22H20FN3O3. The molecule has 2 heterocycles. The van der Waals surface area contributed by atoms with Crippen molar-refractivity contribution in [2.45, 2.75) is 32.4 Å². The molecule has 29 heavy (non-hydrogen) atoms. The molecule has 0 bridgehead atoms.